The summed E-state index contributed by atoms with van der Waals surface area (Å²) >= 11 is 1.42. The number of amides is 1. The zero-order valence-electron chi connectivity index (χ0n) is 11.1. The lowest BCUT2D eigenvalue weighted by atomic mass is 10.1. The van der Waals surface area contributed by atoms with E-state index in [4.69, 9.17) is 5.11 Å². The maximum absolute atomic E-state index is 11.9. The number of thiazole rings is 1. The van der Waals surface area contributed by atoms with Gasteiger partial charge in [0.05, 0.1) is 0 Å². The molecule has 2 N–H and O–H groups in total. The summed E-state index contributed by atoms with van der Waals surface area (Å²) in [5.74, 6) is -1.54. The Balaban J connectivity index is 2.28. The third-order valence-corrected chi connectivity index (χ3v) is 3.79. The van der Waals surface area contributed by atoms with Crippen LogP contribution in [-0.2, 0) is 4.79 Å². The van der Waals surface area contributed by atoms with Crippen molar-refractivity contribution < 1.29 is 14.7 Å². The molecule has 6 heteroatoms. The first-order valence-corrected chi connectivity index (χ1v) is 6.84. The van der Waals surface area contributed by atoms with E-state index in [1.54, 1.807) is 6.92 Å². The highest BCUT2D eigenvalue weighted by Gasteiger charge is 2.17. The molecule has 20 heavy (non-hydrogen) atoms. The fourth-order valence-electron chi connectivity index (χ4n) is 1.77. The van der Waals surface area contributed by atoms with Gasteiger partial charge in [0.1, 0.15) is 17.2 Å². The van der Waals surface area contributed by atoms with E-state index in [-0.39, 0.29) is 5.69 Å². The fraction of sp³-hybridized carbons (Fsp3) is 0.214. The zero-order valence-corrected chi connectivity index (χ0v) is 12.0. The van der Waals surface area contributed by atoms with Crippen molar-refractivity contribution >= 4 is 23.2 Å². The molecule has 1 aromatic carbocycles. The molecular formula is C14H14N2O3S. The second-order valence-corrected chi connectivity index (χ2v) is 5.52. The molecular weight excluding hydrogens is 276 g/mol. The largest absolute Gasteiger partial charge is 0.480 e. The number of carbonyl (C=O) groups excluding carboxylic acids is 1. The molecule has 0 aliphatic carbocycles. The maximum atomic E-state index is 11.9. The molecule has 1 amide bonds. The van der Waals surface area contributed by atoms with Gasteiger partial charge in [0.2, 0.25) is 0 Å². The Kier molecular flexibility index (Phi) is 4.14. The second kappa shape index (κ2) is 5.83. The molecule has 0 spiro atoms. The van der Waals surface area contributed by atoms with Crippen LogP contribution in [0.4, 0.5) is 0 Å². The molecule has 5 nitrogen and oxygen atoms in total. The summed E-state index contributed by atoms with van der Waals surface area (Å²) in [6.07, 6.45) is 0. The first-order chi connectivity index (χ1) is 9.49. The number of aryl methyl sites for hydroxylation is 2. The molecule has 0 bridgehead atoms. The smallest absolute Gasteiger partial charge is 0.322 e. The van der Waals surface area contributed by atoms with Crippen molar-refractivity contribution in [1.82, 2.24) is 10.3 Å². The van der Waals surface area contributed by atoms with Crippen LogP contribution in [0, 0.1) is 13.8 Å². The number of hydrogen-bond donors (Lipinski definition) is 2. The molecule has 0 unspecified atom stereocenters. The van der Waals surface area contributed by atoms with Crippen molar-refractivity contribution in [2.45, 2.75) is 13.8 Å². The number of aromatic nitrogens is 1. The van der Waals surface area contributed by atoms with Gasteiger partial charge < -0.3 is 10.4 Å². The van der Waals surface area contributed by atoms with Crippen molar-refractivity contribution in [3.63, 3.8) is 0 Å². The van der Waals surface area contributed by atoms with E-state index in [2.05, 4.69) is 10.3 Å². The summed E-state index contributed by atoms with van der Waals surface area (Å²) in [5, 5.41) is 11.7. The fourth-order valence-corrected chi connectivity index (χ4v) is 2.78. The van der Waals surface area contributed by atoms with Gasteiger partial charge in [0, 0.05) is 10.4 Å². The Bertz CT molecular complexity index is 664. The third kappa shape index (κ3) is 3.03. The molecule has 2 rings (SSSR count). The zero-order chi connectivity index (χ0) is 14.7. The quantitative estimate of drug-likeness (QED) is 0.905. The van der Waals surface area contributed by atoms with Crippen LogP contribution in [-0.4, -0.2) is 28.5 Å². The minimum absolute atomic E-state index is 0.287. The van der Waals surface area contributed by atoms with E-state index in [0.29, 0.717) is 0 Å². The number of nitrogens with one attached hydrogen (secondary N) is 1. The lowest BCUT2D eigenvalue weighted by molar-refractivity contribution is -0.135. The molecule has 2 aromatic rings. The van der Waals surface area contributed by atoms with Crippen molar-refractivity contribution in [1.29, 1.82) is 0 Å². The number of nitrogens with zero attached hydrogens (tertiary/aromatic N) is 1. The molecule has 0 aliphatic rings. The van der Waals surface area contributed by atoms with Crippen LogP contribution >= 0.6 is 11.3 Å². The van der Waals surface area contributed by atoms with Crippen molar-refractivity contribution in [3.05, 3.63) is 40.4 Å². The highest BCUT2D eigenvalue weighted by molar-refractivity contribution is 7.15. The van der Waals surface area contributed by atoms with Crippen LogP contribution in [0.2, 0.25) is 0 Å². The Morgan fingerprint density at radius 2 is 2.00 bits per heavy atom. The van der Waals surface area contributed by atoms with E-state index >= 15 is 0 Å². The van der Waals surface area contributed by atoms with Gasteiger partial charge in [-0.1, -0.05) is 24.3 Å². The van der Waals surface area contributed by atoms with E-state index in [0.717, 1.165) is 21.0 Å². The molecule has 1 aromatic heterocycles. The van der Waals surface area contributed by atoms with Gasteiger partial charge in [-0.3, -0.25) is 9.59 Å². The summed E-state index contributed by atoms with van der Waals surface area (Å²) in [6.45, 7) is 3.38. The van der Waals surface area contributed by atoms with Gasteiger partial charge >= 0.3 is 5.97 Å². The number of rotatable bonds is 4. The summed E-state index contributed by atoms with van der Waals surface area (Å²) in [5.41, 5.74) is 2.35. The minimum Gasteiger partial charge on any atom is -0.480 e. The molecule has 104 valence electrons. The number of benzene rings is 1. The van der Waals surface area contributed by atoms with E-state index in [1.165, 1.54) is 11.3 Å². The van der Waals surface area contributed by atoms with Crippen LogP contribution in [0.5, 0.6) is 0 Å². The number of carbonyl (C=O) groups is 2. The Morgan fingerprint density at radius 3 is 2.65 bits per heavy atom. The van der Waals surface area contributed by atoms with Gasteiger partial charge in [0.15, 0.2) is 0 Å². The van der Waals surface area contributed by atoms with E-state index < -0.39 is 18.4 Å². The van der Waals surface area contributed by atoms with Crippen molar-refractivity contribution in [2.24, 2.45) is 0 Å². The minimum atomic E-state index is -1.08. The third-order valence-electron chi connectivity index (χ3n) is 2.79. The van der Waals surface area contributed by atoms with Gasteiger partial charge in [-0.2, -0.15) is 0 Å². The van der Waals surface area contributed by atoms with Gasteiger partial charge in [-0.05, 0) is 19.4 Å². The number of carboxylic acids is 1. The number of aliphatic carboxylic acids is 1. The molecule has 0 saturated heterocycles. The van der Waals surface area contributed by atoms with Crippen molar-refractivity contribution in [3.8, 4) is 10.6 Å². The maximum Gasteiger partial charge on any atom is 0.322 e. The first kappa shape index (κ1) is 14.2. The van der Waals surface area contributed by atoms with Gasteiger partial charge in [-0.15, -0.1) is 11.3 Å². The first-order valence-electron chi connectivity index (χ1n) is 6.02. The van der Waals surface area contributed by atoms with Crippen LogP contribution in [0.1, 0.15) is 20.9 Å². The van der Waals surface area contributed by atoms with Crippen LogP contribution in [0.25, 0.3) is 10.6 Å². The van der Waals surface area contributed by atoms with E-state index in [9.17, 15) is 9.59 Å². The van der Waals surface area contributed by atoms with E-state index in [1.807, 2.05) is 31.2 Å². The number of hydrogen-bond acceptors (Lipinski definition) is 4. The predicted molar refractivity (Wildman–Crippen MR) is 77.0 cm³/mol. The normalized spacial score (nSPS) is 10.3. The Hall–Kier alpha value is -2.21. The highest BCUT2D eigenvalue weighted by Crippen LogP contribution is 2.29. The summed E-state index contributed by atoms with van der Waals surface area (Å²) in [4.78, 5) is 27.4. The molecule has 0 atom stereocenters. The summed E-state index contributed by atoms with van der Waals surface area (Å²) < 4.78 is 0. The SMILES string of the molecule is Cc1ccccc1-c1nc(C(=O)NCC(=O)O)c(C)s1. The molecule has 0 aliphatic heterocycles. The Labute approximate surface area is 120 Å². The molecule has 0 saturated carbocycles. The topological polar surface area (TPSA) is 79.3 Å². The lowest BCUT2D eigenvalue weighted by Crippen LogP contribution is -2.29. The lowest BCUT2D eigenvalue weighted by Gasteiger charge is -2.01. The van der Waals surface area contributed by atoms with Crippen LogP contribution < -0.4 is 5.32 Å². The van der Waals surface area contributed by atoms with Crippen LogP contribution in [0.15, 0.2) is 24.3 Å². The average molecular weight is 290 g/mol. The predicted octanol–water partition coefficient (Wildman–Crippen LogP) is 2.24. The second-order valence-electron chi connectivity index (χ2n) is 4.32. The molecule has 1 heterocycles. The van der Waals surface area contributed by atoms with Gasteiger partial charge in [-0.25, -0.2) is 4.98 Å². The standard InChI is InChI=1S/C14H14N2O3S/c1-8-5-3-4-6-10(8)14-16-12(9(2)20-14)13(19)15-7-11(17)18/h3-6H,7H2,1-2H3,(H,15,19)(H,17,18). The number of carboxylic acid groups (broad SMARTS) is 1. The Morgan fingerprint density at radius 1 is 1.30 bits per heavy atom. The summed E-state index contributed by atoms with van der Waals surface area (Å²) in [6, 6.07) is 7.80. The summed E-state index contributed by atoms with van der Waals surface area (Å²) in [7, 11) is 0. The van der Waals surface area contributed by atoms with Crippen LogP contribution in [0.3, 0.4) is 0 Å². The monoisotopic (exact) mass is 290 g/mol. The average Bonchev–Trinajstić information content (AvgIpc) is 2.78. The van der Waals surface area contributed by atoms with Crippen molar-refractivity contribution in [2.75, 3.05) is 6.54 Å². The highest BCUT2D eigenvalue weighted by atomic mass is 32.1. The molecule has 0 fully saturated rings. The van der Waals surface area contributed by atoms with Gasteiger partial charge in [0.25, 0.3) is 5.91 Å². The molecule has 0 radical (unpaired) electrons.